The Labute approximate surface area is 115 Å². The molecule has 0 saturated heterocycles. The Bertz CT molecular complexity index is 604. The van der Waals surface area contributed by atoms with E-state index in [0.717, 1.165) is 0 Å². The molecule has 0 atom stereocenters. The summed E-state index contributed by atoms with van der Waals surface area (Å²) in [4.78, 5) is 28.4. The molecule has 2 aromatic heterocycles. The van der Waals surface area contributed by atoms with Gasteiger partial charge in [0.15, 0.2) is 5.78 Å². The summed E-state index contributed by atoms with van der Waals surface area (Å²) in [6.45, 7) is 1.82. The van der Waals surface area contributed by atoms with Crippen LogP contribution in [0.25, 0.3) is 0 Å². The van der Waals surface area contributed by atoms with Gasteiger partial charge in [-0.25, -0.2) is 4.98 Å². The van der Waals surface area contributed by atoms with Crippen LogP contribution >= 0.6 is 33.9 Å². The molecule has 0 aliphatic carbocycles. The van der Waals surface area contributed by atoms with Crippen molar-refractivity contribution in [2.24, 2.45) is 0 Å². The molecule has 0 amide bonds. The number of Topliss-reactive ketones (excluding diaryl/α,β-unsaturated/α-hetero) is 1. The van der Waals surface area contributed by atoms with Gasteiger partial charge in [0.25, 0.3) is 5.56 Å². The van der Waals surface area contributed by atoms with E-state index in [2.05, 4.69) is 4.98 Å². The number of rotatable bonds is 3. The molecular formula is C11H9IN2O2S. The van der Waals surface area contributed by atoms with Gasteiger partial charge in [0.1, 0.15) is 0 Å². The summed E-state index contributed by atoms with van der Waals surface area (Å²) < 4.78 is 1.90. The number of aromatic nitrogens is 2. The predicted molar refractivity (Wildman–Crippen MR) is 74.6 cm³/mol. The van der Waals surface area contributed by atoms with Crippen molar-refractivity contribution >= 4 is 39.7 Å². The number of hydrogen-bond donors (Lipinski definition) is 0. The second kappa shape index (κ2) is 5.09. The first-order valence-corrected chi connectivity index (χ1v) is 6.83. The molecule has 0 bridgehead atoms. The van der Waals surface area contributed by atoms with Gasteiger partial charge in [-0.05, 0) is 41.0 Å². The molecule has 6 heteroatoms. The first-order valence-electron chi connectivity index (χ1n) is 4.88. The van der Waals surface area contributed by atoms with Crippen LogP contribution in [0.5, 0.6) is 0 Å². The zero-order valence-electron chi connectivity index (χ0n) is 9.01. The van der Waals surface area contributed by atoms with E-state index in [9.17, 15) is 9.59 Å². The number of halogens is 1. The first kappa shape index (κ1) is 12.4. The van der Waals surface area contributed by atoms with Gasteiger partial charge in [0, 0.05) is 0 Å². The second-order valence-corrected chi connectivity index (χ2v) is 5.50. The van der Waals surface area contributed by atoms with Gasteiger partial charge in [-0.2, -0.15) is 0 Å². The van der Waals surface area contributed by atoms with Crippen LogP contribution in [0.1, 0.15) is 15.4 Å². The number of ketones is 1. The zero-order chi connectivity index (χ0) is 12.4. The normalized spacial score (nSPS) is 10.5. The van der Waals surface area contributed by atoms with Crippen molar-refractivity contribution in [3.63, 3.8) is 0 Å². The average molecular weight is 360 g/mol. The molecule has 0 saturated carbocycles. The van der Waals surface area contributed by atoms with Crippen LogP contribution in [0, 0.1) is 10.5 Å². The maximum absolute atomic E-state index is 11.9. The zero-order valence-corrected chi connectivity index (χ0v) is 12.0. The number of thiophene rings is 1. The minimum atomic E-state index is -0.164. The van der Waals surface area contributed by atoms with Gasteiger partial charge >= 0.3 is 0 Å². The highest BCUT2D eigenvalue weighted by Crippen LogP contribution is 2.10. The Morgan fingerprint density at radius 1 is 1.59 bits per heavy atom. The van der Waals surface area contributed by atoms with E-state index in [1.807, 2.05) is 34.0 Å². The van der Waals surface area contributed by atoms with E-state index in [4.69, 9.17) is 0 Å². The van der Waals surface area contributed by atoms with Gasteiger partial charge in [0.2, 0.25) is 0 Å². The molecule has 0 fully saturated rings. The van der Waals surface area contributed by atoms with Crippen molar-refractivity contribution in [2.45, 2.75) is 13.5 Å². The summed E-state index contributed by atoms with van der Waals surface area (Å²) in [5.74, 6) is -0.0662. The van der Waals surface area contributed by atoms with Crippen molar-refractivity contribution in [1.82, 2.24) is 9.55 Å². The lowest BCUT2D eigenvalue weighted by molar-refractivity contribution is 0.0974. The molecule has 2 heterocycles. The highest BCUT2D eigenvalue weighted by molar-refractivity contribution is 14.1. The molecule has 17 heavy (non-hydrogen) atoms. The Morgan fingerprint density at radius 3 is 3.00 bits per heavy atom. The molecular weight excluding hydrogens is 351 g/mol. The highest BCUT2D eigenvalue weighted by Gasteiger charge is 2.11. The molecule has 2 aromatic rings. The van der Waals surface area contributed by atoms with E-state index < -0.39 is 0 Å². The minimum absolute atomic E-state index is 0.0443. The Balaban J connectivity index is 2.29. The van der Waals surface area contributed by atoms with Crippen molar-refractivity contribution in [3.8, 4) is 0 Å². The van der Waals surface area contributed by atoms with E-state index in [0.29, 0.717) is 14.1 Å². The molecule has 0 aliphatic rings. The first-order chi connectivity index (χ1) is 8.09. The summed E-state index contributed by atoms with van der Waals surface area (Å²) >= 11 is 3.33. The lowest BCUT2D eigenvalue weighted by Gasteiger charge is -2.05. The van der Waals surface area contributed by atoms with Crippen molar-refractivity contribution < 1.29 is 4.79 Å². The van der Waals surface area contributed by atoms with Crippen LogP contribution < -0.4 is 5.56 Å². The average Bonchev–Trinajstić information content (AvgIpc) is 2.83. The Morgan fingerprint density at radius 2 is 2.35 bits per heavy atom. The number of hydrogen-bond acceptors (Lipinski definition) is 4. The lowest BCUT2D eigenvalue weighted by atomic mass is 10.3. The van der Waals surface area contributed by atoms with Crippen molar-refractivity contribution in [1.29, 1.82) is 0 Å². The number of aryl methyl sites for hydroxylation is 1. The van der Waals surface area contributed by atoms with E-state index in [-0.39, 0.29) is 17.9 Å². The van der Waals surface area contributed by atoms with Crippen LogP contribution in [0.2, 0.25) is 0 Å². The fourth-order valence-corrected chi connectivity index (χ4v) is 2.43. The Hall–Kier alpha value is -1.02. The van der Waals surface area contributed by atoms with Crippen LogP contribution in [0.4, 0.5) is 0 Å². The van der Waals surface area contributed by atoms with Crippen LogP contribution in [-0.2, 0) is 6.54 Å². The topological polar surface area (TPSA) is 52.0 Å². The van der Waals surface area contributed by atoms with Gasteiger partial charge in [-0.15, -0.1) is 11.3 Å². The van der Waals surface area contributed by atoms with E-state index in [1.165, 1.54) is 22.2 Å². The maximum Gasteiger partial charge on any atom is 0.267 e. The number of nitrogens with zero attached hydrogens (tertiary/aromatic N) is 2. The highest BCUT2D eigenvalue weighted by atomic mass is 127. The number of carbonyl (C=O) groups excluding carboxylic acids is 1. The van der Waals surface area contributed by atoms with Crippen LogP contribution in [0.15, 0.2) is 28.6 Å². The fraction of sp³-hybridized carbons (Fsp3) is 0.182. The van der Waals surface area contributed by atoms with Gasteiger partial charge in [0.05, 0.1) is 27.0 Å². The predicted octanol–water partition coefficient (Wildman–Crippen LogP) is 2.10. The molecule has 2 rings (SSSR count). The molecule has 0 aromatic carbocycles. The smallest absolute Gasteiger partial charge is 0.267 e. The molecule has 0 N–H and O–H groups in total. The van der Waals surface area contributed by atoms with Gasteiger partial charge in [-0.1, -0.05) is 6.07 Å². The third-order valence-corrected chi connectivity index (χ3v) is 4.42. The minimum Gasteiger partial charge on any atom is -0.291 e. The van der Waals surface area contributed by atoms with Crippen LogP contribution in [-0.4, -0.2) is 15.3 Å². The summed E-state index contributed by atoms with van der Waals surface area (Å²) in [6.07, 6.45) is 1.42. The third kappa shape index (κ3) is 2.63. The summed E-state index contributed by atoms with van der Waals surface area (Å²) in [7, 11) is 0. The molecule has 0 aliphatic heterocycles. The van der Waals surface area contributed by atoms with Crippen molar-refractivity contribution in [3.05, 3.63) is 48.3 Å². The monoisotopic (exact) mass is 360 g/mol. The fourth-order valence-electron chi connectivity index (χ4n) is 1.33. The molecule has 0 radical (unpaired) electrons. The van der Waals surface area contributed by atoms with Crippen LogP contribution in [0.3, 0.4) is 0 Å². The quantitative estimate of drug-likeness (QED) is 0.622. The van der Waals surface area contributed by atoms with E-state index >= 15 is 0 Å². The van der Waals surface area contributed by atoms with E-state index in [1.54, 1.807) is 13.0 Å². The number of carbonyl (C=O) groups is 1. The maximum atomic E-state index is 11.9. The van der Waals surface area contributed by atoms with Crippen molar-refractivity contribution in [2.75, 3.05) is 0 Å². The lowest BCUT2D eigenvalue weighted by Crippen LogP contribution is -2.27. The molecule has 4 nitrogen and oxygen atoms in total. The molecule has 0 spiro atoms. The molecule has 0 unspecified atom stereocenters. The summed E-state index contributed by atoms with van der Waals surface area (Å²) in [6, 6.07) is 3.57. The SMILES string of the molecule is Cc1ncn(CC(=O)c2cccs2)c(=O)c1I. The summed E-state index contributed by atoms with van der Waals surface area (Å²) in [5, 5.41) is 1.84. The summed E-state index contributed by atoms with van der Waals surface area (Å²) in [5.41, 5.74) is 0.526. The van der Waals surface area contributed by atoms with Gasteiger partial charge < -0.3 is 0 Å². The standard InChI is InChI=1S/C11H9IN2O2S/c1-7-10(12)11(16)14(6-13-7)5-8(15)9-3-2-4-17-9/h2-4,6H,5H2,1H3. The second-order valence-electron chi connectivity index (χ2n) is 3.48. The third-order valence-electron chi connectivity index (χ3n) is 2.27. The molecule has 88 valence electrons. The largest absolute Gasteiger partial charge is 0.291 e. The van der Waals surface area contributed by atoms with Gasteiger partial charge in [-0.3, -0.25) is 14.2 Å². The Kier molecular flexibility index (Phi) is 3.72.